The van der Waals surface area contributed by atoms with E-state index in [1.54, 1.807) is 18.0 Å². The third-order valence-electron chi connectivity index (χ3n) is 5.40. The number of Topliss-reactive ketones (excluding diaryl/α,β-unsaturated/α-hetero) is 1. The molecule has 0 fully saturated rings. The average Bonchev–Trinajstić information content (AvgIpc) is 3.35. The van der Waals surface area contributed by atoms with Gasteiger partial charge in [0.15, 0.2) is 5.78 Å². The second-order valence-electron chi connectivity index (χ2n) is 7.16. The topological polar surface area (TPSA) is 73.0 Å². The van der Waals surface area contributed by atoms with Gasteiger partial charge in [0.05, 0.1) is 6.26 Å². The van der Waals surface area contributed by atoms with Crippen molar-refractivity contribution < 1.29 is 9.21 Å². The predicted octanol–water partition coefficient (Wildman–Crippen LogP) is 4.32. The number of aryl methyl sites for hydroxylation is 1. The van der Waals surface area contributed by atoms with E-state index in [9.17, 15) is 4.79 Å². The third-order valence-corrected chi connectivity index (χ3v) is 6.15. The zero-order valence-electron chi connectivity index (χ0n) is 15.7. The molecule has 7 heteroatoms. The van der Waals surface area contributed by atoms with Crippen LogP contribution in [0.3, 0.4) is 0 Å². The van der Waals surface area contributed by atoms with Crippen molar-refractivity contribution in [3.8, 4) is 0 Å². The van der Waals surface area contributed by atoms with Crippen molar-refractivity contribution in [3.05, 3.63) is 71.1 Å². The molecule has 3 heterocycles. The normalized spacial score (nSPS) is 21.3. The van der Waals surface area contributed by atoms with E-state index in [0.717, 1.165) is 29.0 Å². The Bertz CT molecular complexity index is 1070. The van der Waals surface area contributed by atoms with Gasteiger partial charge in [-0.25, -0.2) is 4.68 Å². The fourth-order valence-electron chi connectivity index (χ4n) is 4.14. The summed E-state index contributed by atoms with van der Waals surface area (Å²) in [7, 11) is 0. The van der Waals surface area contributed by atoms with Crippen LogP contribution in [-0.2, 0) is 4.79 Å². The van der Waals surface area contributed by atoms with Gasteiger partial charge in [0.2, 0.25) is 5.95 Å². The maximum atomic E-state index is 13.3. The maximum Gasteiger partial charge on any atom is 0.226 e. The van der Waals surface area contributed by atoms with Gasteiger partial charge in [-0.1, -0.05) is 12.1 Å². The molecule has 0 saturated carbocycles. The van der Waals surface area contributed by atoms with Crippen LogP contribution in [0.1, 0.15) is 41.9 Å². The number of rotatable bonds is 3. The molecule has 28 heavy (non-hydrogen) atoms. The lowest BCUT2D eigenvalue weighted by Crippen LogP contribution is -2.33. The predicted molar refractivity (Wildman–Crippen MR) is 107 cm³/mol. The summed E-state index contributed by atoms with van der Waals surface area (Å²) in [5.41, 5.74) is 2.76. The van der Waals surface area contributed by atoms with Crippen LogP contribution in [0.2, 0.25) is 0 Å². The largest absolute Gasteiger partial charge is 0.469 e. The number of hydrogen-bond acceptors (Lipinski definition) is 6. The number of furan rings is 1. The number of allylic oxidation sites excluding steroid dienone is 2. The maximum absolute atomic E-state index is 13.3. The van der Waals surface area contributed by atoms with Gasteiger partial charge < -0.3 is 9.73 Å². The van der Waals surface area contributed by atoms with Gasteiger partial charge >= 0.3 is 0 Å². The molecule has 0 unspecified atom stereocenters. The molecule has 2 aliphatic rings. The number of hydrogen-bond donors (Lipinski definition) is 1. The highest BCUT2D eigenvalue weighted by atomic mass is 32.2. The standard InChI is InChI=1S/C21H20N4O2S/c1-12-22-21-23-16-10-14(18-4-3-9-27-18)11-17(26)19(16)20(25(21)24-12)13-5-7-15(28-2)8-6-13/h3-9,14,20H,10-11H2,1-2H3,(H,22,23,24)/t14-,20-/m1/s1. The first-order valence-corrected chi connectivity index (χ1v) is 10.5. The minimum absolute atomic E-state index is 0.0452. The Labute approximate surface area is 167 Å². The highest BCUT2D eigenvalue weighted by Gasteiger charge is 2.40. The highest BCUT2D eigenvalue weighted by molar-refractivity contribution is 7.98. The second kappa shape index (κ2) is 6.67. The molecule has 1 N–H and O–H groups in total. The fraction of sp³-hybridized carbons (Fsp3) is 0.286. The lowest BCUT2D eigenvalue weighted by Gasteiger charge is -2.34. The summed E-state index contributed by atoms with van der Waals surface area (Å²) >= 11 is 1.70. The van der Waals surface area contributed by atoms with Crippen LogP contribution < -0.4 is 5.32 Å². The Hall–Kier alpha value is -2.80. The Kier molecular flexibility index (Phi) is 4.12. The van der Waals surface area contributed by atoms with Gasteiger partial charge in [-0.2, -0.15) is 10.1 Å². The van der Waals surface area contributed by atoms with Crippen LogP contribution in [0.4, 0.5) is 5.95 Å². The summed E-state index contributed by atoms with van der Waals surface area (Å²) in [4.78, 5) is 19.0. The molecule has 0 bridgehead atoms. The van der Waals surface area contributed by atoms with E-state index in [4.69, 9.17) is 4.42 Å². The SMILES string of the molecule is CSc1ccc([C@@H]2C3=C(C[C@@H](c4ccco4)CC3=O)Nc3nc(C)nn32)cc1. The van der Waals surface area contributed by atoms with E-state index in [-0.39, 0.29) is 17.7 Å². The fourth-order valence-corrected chi connectivity index (χ4v) is 4.55. The van der Waals surface area contributed by atoms with Crippen LogP contribution in [-0.4, -0.2) is 26.8 Å². The lowest BCUT2D eigenvalue weighted by atomic mass is 9.79. The molecule has 1 aromatic carbocycles. The van der Waals surface area contributed by atoms with E-state index < -0.39 is 0 Å². The Morgan fingerprint density at radius 3 is 2.75 bits per heavy atom. The number of benzene rings is 1. The molecular formula is C21H20N4O2S. The first kappa shape index (κ1) is 17.3. The van der Waals surface area contributed by atoms with Crippen LogP contribution in [0.25, 0.3) is 0 Å². The molecule has 0 saturated heterocycles. The number of nitrogens with zero attached hydrogens (tertiary/aromatic N) is 3. The van der Waals surface area contributed by atoms with Gasteiger partial charge in [-0.15, -0.1) is 11.8 Å². The highest BCUT2D eigenvalue weighted by Crippen LogP contribution is 2.44. The molecule has 6 nitrogen and oxygen atoms in total. The molecule has 5 rings (SSSR count). The Balaban J connectivity index is 1.61. The smallest absolute Gasteiger partial charge is 0.226 e. The summed E-state index contributed by atoms with van der Waals surface area (Å²) in [6, 6.07) is 11.9. The number of fused-ring (bicyclic) bond motifs is 1. The summed E-state index contributed by atoms with van der Waals surface area (Å²) < 4.78 is 7.41. The molecule has 2 aromatic heterocycles. The zero-order valence-corrected chi connectivity index (χ0v) is 16.5. The first-order valence-electron chi connectivity index (χ1n) is 9.28. The molecule has 0 radical (unpaired) electrons. The number of ketones is 1. The minimum atomic E-state index is -0.256. The summed E-state index contributed by atoms with van der Waals surface area (Å²) in [5, 5.41) is 7.95. The molecule has 0 spiro atoms. The Morgan fingerprint density at radius 2 is 2.04 bits per heavy atom. The third kappa shape index (κ3) is 2.77. The van der Waals surface area contributed by atoms with Gasteiger partial charge in [-0.05, 0) is 49.4 Å². The monoisotopic (exact) mass is 392 g/mol. The molecule has 3 aromatic rings. The van der Waals surface area contributed by atoms with Crippen LogP contribution in [0.5, 0.6) is 0 Å². The molecular weight excluding hydrogens is 372 g/mol. The second-order valence-corrected chi connectivity index (χ2v) is 8.04. The zero-order chi connectivity index (χ0) is 19.3. The van der Waals surface area contributed by atoms with Gasteiger partial charge in [0.1, 0.15) is 17.6 Å². The van der Waals surface area contributed by atoms with E-state index in [1.807, 2.05) is 23.7 Å². The van der Waals surface area contributed by atoms with Crippen LogP contribution in [0, 0.1) is 6.92 Å². The van der Waals surface area contributed by atoms with E-state index in [1.165, 1.54) is 4.90 Å². The quantitative estimate of drug-likeness (QED) is 0.670. The number of nitrogens with one attached hydrogen (secondary N) is 1. The summed E-state index contributed by atoms with van der Waals surface area (Å²) in [6.45, 7) is 1.87. The minimum Gasteiger partial charge on any atom is -0.469 e. The first-order chi connectivity index (χ1) is 13.6. The average molecular weight is 392 g/mol. The van der Waals surface area contributed by atoms with Crippen LogP contribution >= 0.6 is 11.8 Å². The van der Waals surface area contributed by atoms with Crippen LogP contribution in [0.15, 0.2) is 63.2 Å². The summed E-state index contributed by atoms with van der Waals surface area (Å²) in [5.74, 6) is 2.40. The molecule has 0 amide bonds. The molecule has 1 aliphatic carbocycles. The number of aromatic nitrogens is 3. The van der Waals surface area contributed by atoms with Crippen molar-refractivity contribution in [2.24, 2.45) is 0 Å². The number of carbonyl (C=O) groups is 1. The van der Waals surface area contributed by atoms with Gasteiger partial charge in [-0.3, -0.25) is 4.79 Å². The Morgan fingerprint density at radius 1 is 1.21 bits per heavy atom. The molecule has 1 aliphatic heterocycles. The van der Waals surface area contributed by atoms with Crippen molar-refractivity contribution in [1.29, 1.82) is 0 Å². The number of carbonyl (C=O) groups excluding carboxylic acids is 1. The van der Waals surface area contributed by atoms with Gasteiger partial charge in [0.25, 0.3) is 0 Å². The lowest BCUT2D eigenvalue weighted by molar-refractivity contribution is -0.117. The van der Waals surface area contributed by atoms with Crippen molar-refractivity contribution in [3.63, 3.8) is 0 Å². The molecule has 142 valence electrons. The molecule has 2 atom stereocenters. The van der Waals surface area contributed by atoms with Crippen molar-refractivity contribution in [2.75, 3.05) is 11.6 Å². The van der Waals surface area contributed by atoms with Gasteiger partial charge in [0, 0.05) is 28.5 Å². The van der Waals surface area contributed by atoms with E-state index in [2.05, 4.69) is 45.9 Å². The number of thioether (sulfide) groups is 1. The number of anilines is 1. The van der Waals surface area contributed by atoms with Crippen molar-refractivity contribution >= 4 is 23.5 Å². The summed E-state index contributed by atoms with van der Waals surface area (Å²) in [6.07, 6.45) is 4.88. The van der Waals surface area contributed by atoms with Crippen molar-refractivity contribution in [1.82, 2.24) is 14.8 Å². The van der Waals surface area contributed by atoms with E-state index in [0.29, 0.717) is 18.2 Å². The van der Waals surface area contributed by atoms with E-state index >= 15 is 0 Å². The van der Waals surface area contributed by atoms with Crippen molar-refractivity contribution in [2.45, 2.75) is 36.6 Å².